The van der Waals surface area contributed by atoms with Gasteiger partial charge in [-0.3, -0.25) is 0 Å². The summed E-state index contributed by atoms with van der Waals surface area (Å²) in [6, 6.07) is 4.64. The number of carbonyl (C=O) groups is 1. The quantitative estimate of drug-likeness (QED) is 0.843. The van der Waals surface area contributed by atoms with Gasteiger partial charge in [0, 0.05) is 26.2 Å². The third-order valence-corrected chi connectivity index (χ3v) is 3.64. The molecule has 1 fully saturated rings. The van der Waals surface area contributed by atoms with E-state index in [9.17, 15) is 9.18 Å². The summed E-state index contributed by atoms with van der Waals surface area (Å²) in [5.41, 5.74) is 6.26. The van der Waals surface area contributed by atoms with E-state index in [1.807, 2.05) is 4.90 Å². The molecule has 0 radical (unpaired) electrons. The fraction of sp³-hybridized carbons (Fsp3) is 0.500. The molecule has 5 nitrogen and oxygen atoms in total. The number of piperidine rings is 1. The van der Waals surface area contributed by atoms with Crippen LogP contribution in [-0.2, 0) is 9.47 Å². The van der Waals surface area contributed by atoms with Gasteiger partial charge < -0.3 is 20.1 Å². The monoisotopic (exact) mass is 282 g/mol. The van der Waals surface area contributed by atoms with Crippen LogP contribution < -0.4 is 10.6 Å². The summed E-state index contributed by atoms with van der Waals surface area (Å²) in [6.45, 7) is 1.13. The lowest BCUT2D eigenvalue weighted by Crippen LogP contribution is -2.51. The lowest BCUT2D eigenvalue weighted by atomic mass is 10.0. The fourth-order valence-corrected chi connectivity index (χ4v) is 2.43. The minimum Gasteiger partial charge on any atom is -0.465 e. The largest absolute Gasteiger partial charge is 0.465 e. The molecule has 6 heteroatoms. The normalized spacial score (nSPS) is 22.7. The number of benzene rings is 1. The second-order valence-electron chi connectivity index (χ2n) is 4.80. The fourth-order valence-electron chi connectivity index (χ4n) is 2.43. The number of carbonyl (C=O) groups excluding carboxylic acids is 1. The molecule has 0 bridgehead atoms. The number of anilines is 1. The van der Waals surface area contributed by atoms with Crippen LogP contribution in [0.1, 0.15) is 16.8 Å². The summed E-state index contributed by atoms with van der Waals surface area (Å²) < 4.78 is 24.3. The van der Waals surface area contributed by atoms with Crippen molar-refractivity contribution in [2.75, 3.05) is 32.2 Å². The van der Waals surface area contributed by atoms with E-state index in [1.165, 1.54) is 13.2 Å². The van der Waals surface area contributed by atoms with Crippen molar-refractivity contribution < 1.29 is 18.7 Å². The number of rotatable bonds is 3. The predicted octanol–water partition coefficient (Wildman–Crippen LogP) is 1.16. The number of nitrogens with zero attached hydrogens (tertiary/aromatic N) is 1. The molecule has 1 heterocycles. The molecule has 1 aliphatic heterocycles. The molecule has 0 spiro atoms. The Morgan fingerprint density at radius 3 is 2.85 bits per heavy atom. The topological polar surface area (TPSA) is 64.8 Å². The standard InChI is InChI=1S/C14H19FN2O3/c1-19-12-8-17(7-6-10(12)16)11-5-3-4-9(13(11)15)14(18)20-2/h3-5,10,12H,6-8,16H2,1-2H3. The van der Waals surface area contributed by atoms with E-state index in [4.69, 9.17) is 10.5 Å². The van der Waals surface area contributed by atoms with Gasteiger partial charge in [0.15, 0.2) is 5.82 Å². The first kappa shape index (κ1) is 14.7. The molecule has 0 saturated carbocycles. The van der Waals surface area contributed by atoms with Gasteiger partial charge in [-0.2, -0.15) is 0 Å². The number of halogens is 1. The number of hydrogen-bond donors (Lipinski definition) is 1. The highest BCUT2D eigenvalue weighted by Crippen LogP contribution is 2.26. The van der Waals surface area contributed by atoms with Crippen LogP contribution in [0.4, 0.5) is 10.1 Å². The average Bonchev–Trinajstić information content (AvgIpc) is 2.47. The van der Waals surface area contributed by atoms with Crippen LogP contribution in [0.2, 0.25) is 0 Å². The Labute approximate surface area is 117 Å². The molecular formula is C14H19FN2O3. The van der Waals surface area contributed by atoms with Crippen molar-refractivity contribution in [3.63, 3.8) is 0 Å². The molecule has 1 saturated heterocycles. The molecule has 2 N–H and O–H groups in total. The number of esters is 1. The zero-order valence-corrected chi connectivity index (χ0v) is 11.6. The molecular weight excluding hydrogens is 263 g/mol. The molecule has 110 valence electrons. The van der Waals surface area contributed by atoms with E-state index in [0.29, 0.717) is 25.2 Å². The lowest BCUT2D eigenvalue weighted by Gasteiger charge is -2.37. The highest BCUT2D eigenvalue weighted by atomic mass is 19.1. The Hall–Kier alpha value is -1.66. The van der Waals surface area contributed by atoms with Gasteiger partial charge in [0.05, 0.1) is 24.5 Å². The Morgan fingerprint density at radius 1 is 1.45 bits per heavy atom. The van der Waals surface area contributed by atoms with Crippen molar-refractivity contribution in [2.24, 2.45) is 5.73 Å². The summed E-state index contributed by atoms with van der Waals surface area (Å²) >= 11 is 0. The maximum Gasteiger partial charge on any atom is 0.340 e. The van der Waals surface area contributed by atoms with Crippen LogP contribution in [-0.4, -0.2) is 45.4 Å². The van der Waals surface area contributed by atoms with Gasteiger partial charge in [0.2, 0.25) is 0 Å². The van der Waals surface area contributed by atoms with Gasteiger partial charge in [-0.15, -0.1) is 0 Å². The molecule has 0 aromatic heterocycles. The van der Waals surface area contributed by atoms with Gasteiger partial charge in [-0.25, -0.2) is 9.18 Å². The van der Waals surface area contributed by atoms with Crippen LogP contribution in [0.15, 0.2) is 18.2 Å². The Bertz CT molecular complexity index is 495. The first-order valence-electron chi connectivity index (χ1n) is 6.48. The Balaban J connectivity index is 2.27. The van der Waals surface area contributed by atoms with Crippen molar-refractivity contribution >= 4 is 11.7 Å². The molecule has 2 rings (SSSR count). The summed E-state index contributed by atoms with van der Waals surface area (Å²) in [4.78, 5) is 13.4. The van der Waals surface area contributed by atoms with Crippen molar-refractivity contribution in [2.45, 2.75) is 18.6 Å². The van der Waals surface area contributed by atoms with E-state index >= 15 is 0 Å². The molecule has 1 aromatic carbocycles. The lowest BCUT2D eigenvalue weighted by molar-refractivity contribution is 0.0595. The maximum absolute atomic E-state index is 14.4. The van der Waals surface area contributed by atoms with Crippen LogP contribution in [0.3, 0.4) is 0 Å². The number of methoxy groups -OCH3 is 2. The van der Waals surface area contributed by atoms with Gasteiger partial charge in [0.1, 0.15) is 0 Å². The van der Waals surface area contributed by atoms with Crippen LogP contribution in [0.25, 0.3) is 0 Å². The number of hydrogen-bond acceptors (Lipinski definition) is 5. The Morgan fingerprint density at radius 2 is 2.20 bits per heavy atom. The van der Waals surface area contributed by atoms with Gasteiger partial charge in [-0.1, -0.05) is 6.07 Å². The van der Waals surface area contributed by atoms with E-state index in [0.717, 1.165) is 0 Å². The highest BCUT2D eigenvalue weighted by molar-refractivity contribution is 5.91. The molecule has 2 atom stereocenters. The minimum absolute atomic E-state index is 0.0527. The third-order valence-electron chi connectivity index (χ3n) is 3.64. The summed E-state index contributed by atoms with van der Waals surface area (Å²) in [5, 5.41) is 0. The third kappa shape index (κ3) is 2.76. The van der Waals surface area contributed by atoms with Gasteiger partial charge >= 0.3 is 5.97 Å². The first-order valence-corrected chi connectivity index (χ1v) is 6.48. The average molecular weight is 282 g/mol. The Kier molecular flexibility index (Phi) is 4.57. The minimum atomic E-state index is -0.679. The van der Waals surface area contributed by atoms with E-state index < -0.39 is 11.8 Å². The molecule has 20 heavy (non-hydrogen) atoms. The zero-order chi connectivity index (χ0) is 14.7. The van der Waals surface area contributed by atoms with Gasteiger partial charge in [0.25, 0.3) is 0 Å². The second kappa shape index (κ2) is 6.19. The summed E-state index contributed by atoms with van der Waals surface area (Å²) in [7, 11) is 2.82. The number of nitrogens with two attached hydrogens (primary N) is 1. The molecule has 1 aromatic rings. The molecule has 0 aliphatic carbocycles. The smallest absolute Gasteiger partial charge is 0.340 e. The molecule has 2 unspecified atom stereocenters. The number of ether oxygens (including phenoxy) is 2. The van der Waals surface area contributed by atoms with E-state index in [1.54, 1.807) is 19.2 Å². The van der Waals surface area contributed by atoms with Gasteiger partial charge in [-0.05, 0) is 18.6 Å². The van der Waals surface area contributed by atoms with E-state index in [2.05, 4.69) is 4.74 Å². The predicted molar refractivity (Wildman–Crippen MR) is 73.3 cm³/mol. The van der Waals surface area contributed by atoms with Crippen molar-refractivity contribution in [3.05, 3.63) is 29.6 Å². The summed E-state index contributed by atoms with van der Waals surface area (Å²) in [5.74, 6) is -1.24. The maximum atomic E-state index is 14.4. The second-order valence-corrected chi connectivity index (χ2v) is 4.80. The van der Waals surface area contributed by atoms with Crippen LogP contribution in [0.5, 0.6) is 0 Å². The van der Waals surface area contributed by atoms with Crippen LogP contribution in [0, 0.1) is 5.82 Å². The van der Waals surface area contributed by atoms with Crippen molar-refractivity contribution in [1.29, 1.82) is 0 Å². The van der Waals surface area contributed by atoms with Crippen molar-refractivity contribution in [1.82, 2.24) is 0 Å². The molecule has 0 amide bonds. The SMILES string of the molecule is COC(=O)c1cccc(N2CCC(N)C(OC)C2)c1F. The zero-order valence-electron chi connectivity index (χ0n) is 11.6. The molecule has 1 aliphatic rings. The summed E-state index contributed by atoms with van der Waals surface area (Å²) in [6.07, 6.45) is 0.561. The highest BCUT2D eigenvalue weighted by Gasteiger charge is 2.29. The van der Waals surface area contributed by atoms with Crippen LogP contribution >= 0.6 is 0 Å². The van der Waals surface area contributed by atoms with Crippen molar-refractivity contribution in [3.8, 4) is 0 Å². The van der Waals surface area contributed by atoms with E-state index in [-0.39, 0.29) is 17.7 Å². The first-order chi connectivity index (χ1) is 9.58.